The van der Waals surface area contributed by atoms with E-state index in [1.807, 2.05) is 91.9 Å². The fourth-order valence-electron chi connectivity index (χ4n) is 5.33. The van der Waals surface area contributed by atoms with Crippen molar-refractivity contribution in [1.82, 2.24) is 4.57 Å². The number of hydrogen-bond acceptors (Lipinski definition) is 7. The molecule has 7 nitrogen and oxygen atoms in total. The summed E-state index contributed by atoms with van der Waals surface area (Å²) in [6, 6.07) is 28.9. The quantitative estimate of drug-likeness (QED) is 0.145. The van der Waals surface area contributed by atoms with Crippen LogP contribution in [0.5, 0.6) is 11.5 Å². The van der Waals surface area contributed by atoms with Crippen molar-refractivity contribution >= 4 is 52.3 Å². The van der Waals surface area contributed by atoms with E-state index in [0.29, 0.717) is 48.7 Å². The van der Waals surface area contributed by atoms with E-state index in [1.54, 1.807) is 29.7 Å². The average Bonchev–Trinajstić information content (AvgIpc) is 3.40. The molecule has 0 unspecified atom stereocenters. The second kappa shape index (κ2) is 14.4. The van der Waals surface area contributed by atoms with E-state index in [1.165, 1.54) is 11.3 Å². The van der Waals surface area contributed by atoms with Gasteiger partial charge in [0.25, 0.3) is 5.56 Å². The van der Waals surface area contributed by atoms with E-state index in [-0.39, 0.29) is 24.3 Å². The number of benzene rings is 4. The smallest absolute Gasteiger partial charge is 0.338 e. The first-order chi connectivity index (χ1) is 22.9. The number of nitrogens with zero attached hydrogens (tertiary/aromatic N) is 2. The maximum Gasteiger partial charge on any atom is 0.338 e. The Morgan fingerprint density at radius 1 is 0.894 bits per heavy atom. The number of thiazole rings is 1. The molecule has 1 aliphatic rings. The number of fused-ring (bicyclic) bond motifs is 1. The molecule has 0 saturated heterocycles. The SMILES string of the molecule is CCOC(=O)C1=C(c2ccccc2)N=c2s/c(=C\c3ccccc3OCc3ccc(Cl)c(Cl)c3)c(=O)n2[C@@H]1c1ccc(OCC)cc1. The third-order valence-corrected chi connectivity index (χ3v) is 9.19. The van der Waals surface area contributed by atoms with Gasteiger partial charge in [-0.3, -0.25) is 9.36 Å². The Bertz CT molecular complexity index is 2140. The standard InChI is InChI=1S/C37H30Cl2N2O5S/c1-3-44-27-17-15-25(16-18-27)34-32(36(43)45-4-2)33(24-10-6-5-7-11-24)40-37-41(34)35(42)31(47-37)21-26-12-8-9-13-30(26)46-22-23-14-19-28(38)29(39)20-23/h5-21,34H,3-4,22H2,1-2H3/b31-21-/t34-/m1/s1. The number of aromatic nitrogens is 1. The van der Waals surface area contributed by atoms with Gasteiger partial charge in [-0.25, -0.2) is 9.79 Å². The molecule has 47 heavy (non-hydrogen) atoms. The zero-order valence-electron chi connectivity index (χ0n) is 25.6. The molecule has 10 heteroatoms. The predicted molar refractivity (Wildman–Crippen MR) is 186 cm³/mol. The monoisotopic (exact) mass is 684 g/mol. The maximum atomic E-state index is 14.3. The molecule has 0 amide bonds. The lowest BCUT2D eigenvalue weighted by molar-refractivity contribution is -0.138. The van der Waals surface area contributed by atoms with Crippen LogP contribution in [0.3, 0.4) is 0 Å². The Labute approximate surface area is 285 Å². The summed E-state index contributed by atoms with van der Waals surface area (Å²) < 4.78 is 19.4. The molecule has 0 fully saturated rings. The highest BCUT2D eigenvalue weighted by Crippen LogP contribution is 2.36. The number of carbonyl (C=O) groups is 1. The fourth-order valence-corrected chi connectivity index (χ4v) is 6.64. The molecule has 0 radical (unpaired) electrons. The van der Waals surface area contributed by atoms with Crippen molar-refractivity contribution in [1.29, 1.82) is 0 Å². The molecule has 2 heterocycles. The molecule has 0 spiro atoms. The Kier molecular flexibility index (Phi) is 9.92. The summed E-state index contributed by atoms with van der Waals surface area (Å²) in [6.45, 7) is 4.60. The van der Waals surface area contributed by atoms with Gasteiger partial charge in [-0.1, -0.05) is 101 Å². The van der Waals surface area contributed by atoms with Crippen molar-refractivity contribution in [2.24, 2.45) is 4.99 Å². The van der Waals surface area contributed by atoms with Crippen LogP contribution in [0.1, 0.15) is 42.1 Å². The van der Waals surface area contributed by atoms with E-state index in [9.17, 15) is 9.59 Å². The molecule has 6 rings (SSSR count). The van der Waals surface area contributed by atoms with Crippen molar-refractivity contribution in [2.75, 3.05) is 13.2 Å². The molecule has 238 valence electrons. The van der Waals surface area contributed by atoms with Gasteiger partial charge in [0, 0.05) is 11.1 Å². The highest BCUT2D eigenvalue weighted by molar-refractivity contribution is 7.07. The normalized spacial score (nSPS) is 14.4. The maximum absolute atomic E-state index is 14.3. The summed E-state index contributed by atoms with van der Waals surface area (Å²) in [5.74, 6) is 0.736. The molecule has 0 bridgehead atoms. The van der Waals surface area contributed by atoms with Crippen molar-refractivity contribution in [2.45, 2.75) is 26.5 Å². The van der Waals surface area contributed by atoms with Crippen LogP contribution in [0.25, 0.3) is 11.8 Å². The van der Waals surface area contributed by atoms with Gasteiger partial charge in [-0.05, 0) is 61.4 Å². The molecule has 1 aliphatic heterocycles. The van der Waals surface area contributed by atoms with Gasteiger partial charge in [0.2, 0.25) is 0 Å². The Hall–Kier alpha value is -4.63. The number of rotatable bonds is 10. The lowest BCUT2D eigenvalue weighted by Gasteiger charge is -2.26. The number of hydrogen-bond donors (Lipinski definition) is 0. The van der Waals surface area contributed by atoms with Crippen molar-refractivity contribution < 1.29 is 19.0 Å². The van der Waals surface area contributed by atoms with Crippen molar-refractivity contribution in [3.8, 4) is 11.5 Å². The molecule has 5 aromatic rings. The number of carbonyl (C=O) groups excluding carboxylic acids is 1. The zero-order chi connectivity index (χ0) is 32.9. The zero-order valence-corrected chi connectivity index (χ0v) is 27.9. The van der Waals surface area contributed by atoms with Crippen LogP contribution in [0.2, 0.25) is 10.0 Å². The van der Waals surface area contributed by atoms with Gasteiger partial charge in [-0.15, -0.1) is 0 Å². The second-order valence-corrected chi connectivity index (χ2v) is 12.3. The van der Waals surface area contributed by atoms with E-state index in [0.717, 1.165) is 16.7 Å². The van der Waals surface area contributed by atoms with Gasteiger partial charge in [0.15, 0.2) is 4.80 Å². The van der Waals surface area contributed by atoms with Gasteiger partial charge in [0.05, 0.1) is 45.1 Å². The summed E-state index contributed by atoms with van der Waals surface area (Å²) in [5, 5.41) is 0.914. The van der Waals surface area contributed by atoms with Crippen LogP contribution in [0.4, 0.5) is 0 Å². The molecular weight excluding hydrogens is 655 g/mol. The van der Waals surface area contributed by atoms with E-state index >= 15 is 0 Å². The third kappa shape index (κ3) is 6.90. The molecule has 0 aliphatic carbocycles. The lowest BCUT2D eigenvalue weighted by Crippen LogP contribution is -2.40. The summed E-state index contributed by atoms with van der Waals surface area (Å²) in [6.07, 6.45) is 1.79. The van der Waals surface area contributed by atoms with Crippen LogP contribution < -0.4 is 24.4 Å². The van der Waals surface area contributed by atoms with Crippen LogP contribution in [-0.2, 0) is 16.1 Å². The molecule has 1 atom stereocenters. The number of halogens is 2. The first kappa shape index (κ1) is 32.3. The lowest BCUT2D eigenvalue weighted by atomic mass is 9.93. The fraction of sp³-hybridized carbons (Fsp3) is 0.162. The Morgan fingerprint density at radius 3 is 2.36 bits per heavy atom. The molecular formula is C37H30Cl2N2O5S. The van der Waals surface area contributed by atoms with Gasteiger partial charge in [0.1, 0.15) is 18.1 Å². The van der Waals surface area contributed by atoms with Gasteiger partial charge < -0.3 is 14.2 Å². The van der Waals surface area contributed by atoms with Gasteiger partial charge in [-0.2, -0.15) is 0 Å². The first-order valence-corrected chi connectivity index (χ1v) is 16.6. The third-order valence-electron chi connectivity index (χ3n) is 7.46. The number of ether oxygens (including phenoxy) is 3. The predicted octanol–water partition coefficient (Wildman–Crippen LogP) is 7.22. The van der Waals surface area contributed by atoms with E-state index < -0.39 is 12.0 Å². The van der Waals surface area contributed by atoms with Crippen LogP contribution in [0.15, 0.2) is 112 Å². The summed E-state index contributed by atoms with van der Waals surface area (Å²) >= 11 is 13.5. The topological polar surface area (TPSA) is 79.1 Å². The van der Waals surface area contributed by atoms with Crippen LogP contribution in [0, 0.1) is 0 Å². The second-order valence-electron chi connectivity index (χ2n) is 10.5. The largest absolute Gasteiger partial charge is 0.494 e. The minimum atomic E-state index is -0.792. The van der Waals surface area contributed by atoms with Crippen LogP contribution >= 0.6 is 34.5 Å². The number of para-hydroxylation sites is 1. The molecule has 4 aromatic carbocycles. The average molecular weight is 686 g/mol. The summed E-state index contributed by atoms with van der Waals surface area (Å²) in [7, 11) is 0. The Morgan fingerprint density at radius 2 is 1.64 bits per heavy atom. The molecule has 1 aromatic heterocycles. The molecule has 0 saturated carbocycles. The number of esters is 1. The minimum Gasteiger partial charge on any atom is -0.494 e. The summed E-state index contributed by atoms with van der Waals surface area (Å²) in [5.41, 5.74) is 3.48. The molecule has 0 N–H and O–H groups in total. The first-order valence-electron chi connectivity index (χ1n) is 15.0. The summed E-state index contributed by atoms with van der Waals surface area (Å²) in [4.78, 5) is 33.4. The van der Waals surface area contributed by atoms with E-state index in [4.69, 9.17) is 42.4 Å². The van der Waals surface area contributed by atoms with Crippen molar-refractivity contribution in [3.63, 3.8) is 0 Å². The highest BCUT2D eigenvalue weighted by Gasteiger charge is 2.35. The van der Waals surface area contributed by atoms with Gasteiger partial charge >= 0.3 is 5.97 Å². The Balaban J connectivity index is 1.50. The van der Waals surface area contributed by atoms with Crippen LogP contribution in [-0.4, -0.2) is 23.8 Å². The van der Waals surface area contributed by atoms with Crippen molar-refractivity contribution in [3.05, 3.63) is 155 Å². The highest BCUT2D eigenvalue weighted by atomic mass is 35.5. The minimum absolute atomic E-state index is 0.170. The van der Waals surface area contributed by atoms with E-state index in [2.05, 4.69) is 0 Å².